The summed E-state index contributed by atoms with van der Waals surface area (Å²) < 4.78 is 25.7. The van der Waals surface area contributed by atoms with Crippen molar-refractivity contribution in [2.24, 2.45) is 0 Å². The smallest absolute Gasteiger partial charge is 0.186 e. The van der Waals surface area contributed by atoms with E-state index in [9.17, 15) is 13.5 Å². The maximum atomic E-state index is 12.8. The van der Waals surface area contributed by atoms with E-state index in [1.165, 1.54) is 18.6 Å². The molecule has 1 aromatic rings. The molecule has 0 amide bonds. The Labute approximate surface area is 136 Å². The van der Waals surface area contributed by atoms with Crippen molar-refractivity contribution in [3.05, 3.63) is 17.2 Å². The van der Waals surface area contributed by atoms with E-state index in [1.54, 1.807) is 0 Å². The third kappa shape index (κ3) is 2.68. The molecule has 1 aromatic carbocycles. The van der Waals surface area contributed by atoms with Crippen molar-refractivity contribution < 1.29 is 13.5 Å². The summed E-state index contributed by atoms with van der Waals surface area (Å²) >= 11 is 6.01. The summed E-state index contributed by atoms with van der Waals surface area (Å²) in [5.74, 6) is -0.419. The average molecular weight is 345 g/mol. The number of nitrogen functional groups attached to an aromatic ring is 1. The summed E-state index contributed by atoms with van der Waals surface area (Å²) in [5, 5.41) is 9.58. The third-order valence-corrected chi connectivity index (χ3v) is 7.65. The highest BCUT2D eigenvalue weighted by atomic mass is 35.5. The molecule has 1 aliphatic carbocycles. The first-order chi connectivity index (χ1) is 10.4. The first-order valence-electron chi connectivity index (χ1n) is 7.66. The highest BCUT2D eigenvalue weighted by molar-refractivity contribution is 7.92. The molecule has 0 bridgehead atoms. The van der Waals surface area contributed by atoms with Crippen LogP contribution < -0.4 is 5.73 Å². The zero-order valence-corrected chi connectivity index (χ0v) is 13.9. The van der Waals surface area contributed by atoms with Gasteiger partial charge >= 0.3 is 0 Å². The Morgan fingerprint density at radius 3 is 2.36 bits per heavy atom. The highest BCUT2D eigenvalue weighted by Crippen LogP contribution is 2.40. The van der Waals surface area contributed by atoms with E-state index in [1.807, 2.05) is 0 Å². The number of anilines is 1. The number of phenols is 1. The number of sulfone groups is 1. The van der Waals surface area contributed by atoms with E-state index in [4.69, 9.17) is 17.3 Å². The van der Waals surface area contributed by atoms with Gasteiger partial charge in [-0.05, 0) is 57.3 Å². The fourth-order valence-corrected chi connectivity index (χ4v) is 5.85. The summed E-state index contributed by atoms with van der Waals surface area (Å²) in [7, 11) is -3.66. The van der Waals surface area contributed by atoms with Gasteiger partial charge in [0.05, 0.1) is 16.0 Å². The average Bonchev–Trinajstić information content (AvgIpc) is 2.42. The minimum atomic E-state index is -3.66. The van der Waals surface area contributed by atoms with Crippen molar-refractivity contribution in [3.63, 3.8) is 0 Å². The number of benzene rings is 1. The molecule has 2 aliphatic rings. The molecule has 3 rings (SSSR count). The van der Waals surface area contributed by atoms with Gasteiger partial charge in [-0.15, -0.1) is 0 Å². The van der Waals surface area contributed by atoms with Crippen LogP contribution in [0, 0.1) is 0 Å². The van der Waals surface area contributed by atoms with Gasteiger partial charge in [0.2, 0.25) is 0 Å². The summed E-state index contributed by atoms with van der Waals surface area (Å²) in [6, 6.07) is 3.34. The van der Waals surface area contributed by atoms with Crippen LogP contribution in [0.3, 0.4) is 0 Å². The topological polar surface area (TPSA) is 83.6 Å². The Morgan fingerprint density at radius 2 is 1.82 bits per heavy atom. The monoisotopic (exact) mass is 344 g/mol. The summed E-state index contributed by atoms with van der Waals surface area (Å²) in [5.41, 5.74) is 5.66. The molecule has 5 nitrogen and oxygen atoms in total. The van der Waals surface area contributed by atoms with Gasteiger partial charge in [0.1, 0.15) is 4.90 Å². The van der Waals surface area contributed by atoms with Crippen LogP contribution >= 0.6 is 11.6 Å². The van der Waals surface area contributed by atoms with Crippen LogP contribution in [-0.2, 0) is 9.84 Å². The lowest BCUT2D eigenvalue weighted by Crippen LogP contribution is -2.47. The normalized spacial score (nSPS) is 26.6. The quantitative estimate of drug-likeness (QED) is 0.650. The van der Waals surface area contributed by atoms with Crippen molar-refractivity contribution >= 4 is 27.1 Å². The molecule has 1 aliphatic heterocycles. The Morgan fingerprint density at radius 1 is 1.18 bits per heavy atom. The van der Waals surface area contributed by atoms with E-state index in [0.717, 1.165) is 25.9 Å². The lowest BCUT2D eigenvalue weighted by molar-refractivity contribution is 0.0918. The second-order valence-electron chi connectivity index (χ2n) is 6.18. The second kappa shape index (κ2) is 5.91. The van der Waals surface area contributed by atoms with E-state index < -0.39 is 20.8 Å². The zero-order valence-electron chi connectivity index (χ0n) is 12.3. The first kappa shape index (κ1) is 15.9. The SMILES string of the molecule is Nc1ccc(Cl)c(S(=O)(=O)[C@H]2CC[C@H](N3CCC3)CC2)c1O. The van der Waals surface area contributed by atoms with Crippen molar-refractivity contribution in [3.8, 4) is 5.75 Å². The Bertz CT molecular complexity index is 666. The van der Waals surface area contributed by atoms with Gasteiger partial charge in [-0.2, -0.15) is 0 Å². The molecule has 122 valence electrons. The van der Waals surface area contributed by atoms with Gasteiger partial charge in [-0.3, -0.25) is 0 Å². The number of aromatic hydroxyl groups is 1. The van der Waals surface area contributed by atoms with Gasteiger partial charge in [0.15, 0.2) is 15.6 Å². The van der Waals surface area contributed by atoms with Crippen molar-refractivity contribution in [1.82, 2.24) is 4.90 Å². The zero-order chi connectivity index (χ0) is 15.9. The number of phenolic OH excluding ortho intramolecular Hbond substituents is 1. The molecular formula is C15H21ClN2O3S. The van der Waals surface area contributed by atoms with Crippen LogP contribution in [0.1, 0.15) is 32.1 Å². The first-order valence-corrected chi connectivity index (χ1v) is 9.58. The fraction of sp³-hybridized carbons (Fsp3) is 0.600. The minimum absolute atomic E-state index is 0.0385. The van der Waals surface area contributed by atoms with Crippen LogP contribution in [0.15, 0.2) is 17.0 Å². The largest absolute Gasteiger partial charge is 0.504 e. The standard InChI is InChI=1S/C15H21ClN2O3S/c16-12-6-7-13(17)14(19)15(12)22(20,21)11-4-2-10(3-5-11)18-8-1-9-18/h6-7,10-11,19H,1-5,8-9,17H2/t10-,11-. The highest BCUT2D eigenvalue weighted by Gasteiger charge is 2.37. The summed E-state index contributed by atoms with van der Waals surface area (Å²) in [6.45, 7) is 2.26. The number of hydrogen-bond acceptors (Lipinski definition) is 5. The van der Waals surface area contributed by atoms with Crippen LogP contribution in [0.2, 0.25) is 5.02 Å². The maximum absolute atomic E-state index is 12.8. The molecule has 0 atom stereocenters. The molecule has 1 saturated carbocycles. The molecule has 2 fully saturated rings. The Kier molecular flexibility index (Phi) is 4.27. The van der Waals surface area contributed by atoms with Crippen LogP contribution in [0.4, 0.5) is 5.69 Å². The predicted octanol–water partition coefficient (Wildman–Crippen LogP) is 2.42. The van der Waals surface area contributed by atoms with E-state index in [-0.39, 0.29) is 15.6 Å². The molecule has 0 radical (unpaired) electrons. The molecule has 1 heterocycles. The van der Waals surface area contributed by atoms with Crippen LogP contribution in [-0.4, -0.2) is 42.8 Å². The molecule has 0 spiro atoms. The summed E-state index contributed by atoms with van der Waals surface area (Å²) in [4.78, 5) is 2.22. The number of hydrogen-bond donors (Lipinski definition) is 2. The number of likely N-dealkylation sites (tertiary alicyclic amines) is 1. The fourth-order valence-electron chi connectivity index (χ4n) is 3.43. The maximum Gasteiger partial charge on any atom is 0.186 e. The lowest BCUT2D eigenvalue weighted by atomic mass is 9.92. The van der Waals surface area contributed by atoms with Gasteiger partial charge in [-0.1, -0.05) is 11.6 Å². The minimum Gasteiger partial charge on any atom is -0.504 e. The molecule has 0 unspecified atom stereocenters. The molecule has 22 heavy (non-hydrogen) atoms. The predicted molar refractivity (Wildman–Crippen MR) is 86.9 cm³/mol. The van der Waals surface area contributed by atoms with E-state index >= 15 is 0 Å². The van der Waals surface area contributed by atoms with Gasteiger partial charge in [0.25, 0.3) is 0 Å². The van der Waals surface area contributed by atoms with E-state index in [2.05, 4.69) is 4.90 Å². The number of rotatable bonds is 3. The Balaban J connectivity index is 1.81. The van der Waals surface area contributed by atoms with Crippen LogP contribution in [0.5, 0.6) is 5.75 Å². The number of halogens is 1. The van der Waals surface area contributed by atoms with Crippen LogP contribution in [0.25, 0.3) is 0 Å². The summed E-state index contributed by atoms with van der Waals surface area (Å²) in [6.07, 6.45) is 4.21. The Hall–Kier alpha value is -0.980. The number of nitrogens with two attached hydrogens (primary N) is 1. The molecule has 3 N–H and O–H groups in total. The van der Waals surface area contributed by atoms with Gasteiger partial charge < -0.3 is 15.7 Å². The van der Waals surface area contributed by atoms with Gasteiger partial charge in [-0.25, -0.2) is 8.42 Å². The van der Waals surface area contributed by atoms with E-state index in [0.29, 0.717) is 18.9 Å². The lowest BCUT2D eigenvalue weighted by Gasteiger charge is -2.41. The second-order valence-corrected chi connectivity index (χ2v) is 8.75. The number of nitrogens with zero attached hydrogens (tertiary/aromatic N) is 1. The molecule has 1 saturated heterocycles. The van der Waals surface area contributed by atoms with Crippen molar-refractivity contribution in [2.75, 3.05) is 18.8 Å². The van der Waals surface area contributed by atoms with Gasteiger partial charge in [0, 0.05) is 6.04 Å². The van der Waals surface area contributed by atoms with Crippen molar-refractivity contribution in [1.29, 1.82) is 0 Å². The molecular weight excluding hydrogens is 324 g/mol. The molecule has 0 aromatic heterocycles. The van der Waals surface area contributed by atoms with Crippen molar-refractivity contribution in [2.45, 2.75) is 48.3 Å². The molecule has 7 heteroatoms. The third-order valence-electron chi connectivity index (χ3n) is 4.89.